The number of ether oxygens (including phenoxy) is 2. The van der Waals surface area contributed by atoms with Gasteiger partial charge in [-0.2, -0.15) is 0 Å². The first-order valence-electron chi connectivity index (χ1n) is 43.3. The number of nitrogens with one attached hydrogen (secondary N) is 9. The average molecular weight is 1830 g/mol. The minimum Gasteiger partial charge on any atom is -0.489 e. The molecule has 4 heterocycles. The predicted molar refractivity (Wildman–Crippen MR) is 527 cm³/mol. The number of hydrogen-bond acceptors (Lipinski definition) is 12. The molecule has 2 aliphatic heterocycles. The number of thioether (sulfide) groups is 1. The summed E-state index contributed by atoms with van der Waals surface area (Å²) in [6, 6.07) is 40.9. The van der Waals surface area contributed by atoms with E-state index in [-0.39, 0.29) is 96.9 Å². The van der Waals surface area contributed by atoms with Crippen LogP contribution in [0.25, 0.3) is 10.9 Å². The molecular weight excluding hydrogens is 1700 g/mol. The summed E-state index contributed by atoms with van der Waals surface area (Å²) in [5.74, 6) is 42.8. The fourth-order valence-corrected chi connectivity index (χ4v) is 11.8. The minimum absolute atomic E-state index is 0.00539. The smallest absolute Gasteiger partial charge is 0.279 e. The van der Waals surface area contributed by atoms with Gasteiger partial charge in [0.05, 0.1) is 67.8 Å². The van der Waals surface area contributed by atoms with Crippen molar-refractivity contribution in [1.82, 2.24) is 52.5 Å². The molecule has 2 fully saturated rings. The number of fused-ring (bicyclic) bond motifs is 1. The van der Waals surface area contributed by atoms with Crippen molar-refractivity contribution in [2.24, 2.45) is 43.8 Å². The van der Waals surface area contributed by atoms with E-state index in [1.807, 2.05) is 204 Å². The average Bonchev–Trinajstić information content (AvgIpc) is 1.65. The second-order valence-electron chi connectivity index (χ2n) is 37.3. The summed E-state index contributed by atoms with van der Waals surface area (Å²) in [7, 11) is 0. The lowest BCUT2D eigenvalue weighted by atomic mass is 9.96. The van der Waals surface area contributed by atoms with E-state index in [0.717, 1.165) is 71.3 Å². The van der Waals surface area contributed by atoms with Crippen LogP contribution in [0.5, 0.6) is 5.75 Å². The highest BCUT2D eigenvalue weighted by atomic mass is 35.5. The van der Waals surface area contributed by atoms with E-state index in [0.29, 0.717) is 110 Å². The second-order valence-corrected chi connectivity index (χ2v) is 39.1. The third-order valence-electron chi connectivity index (χ3n) is 16.5. The second kappa shape index (κ2) is 57.9. The Balaban J connectivity index is 0.000000392. The van der Waals surface area contributed by atoms with Crippen LogP contribution in [0.2, 0.25) is 10.0 Å². The van der Waals surface area contributed by atoms with Crippen LogP contribution in [0.4, 0.5) is 9.18 Å². The van der Waals surface area contributed by atoms with Crippen molar-refractivity contribution in [3.63, 3.8) is 0 Å². The Morgan fingerprint density at radius 2 is 0.915 bits per heavy atom. The highest BCUT2D eigenvalue weighted by Gasteiger charge is 2.28. The number of carbonyl (C=O) groups excluding carboxylic acids is 8. The third kappa shape index (κ3) is 57.1. The van der Waals surface area contributed by atoms with E-state index in [1.165, 1.54) is 12.1 Å². The number of aryl methyl sites for hydroxylation is 1. The zero-order valence-corrected chi connectivity index (χ0v) is 82.0. The molecule has 0 unspecified atom stereocenters. The van der Waals surface area contributed by atoms with Gasteiger partial charge in [-0.25, -0.2) is 4.39 Å². The number of pyridine rings is 1. The topological polar surface area (TPSA) is 280 Å². The van der Waals surface area contributed by atoms with Crippen molar-refractivity contribution < 1.29 is 52.2 Å². The number of aromatic amines is 1. The summed E-state index contributed by atoms with van der Waals surface area (Å²) < 4.78 is 23.7. The Labute approximate surface area is 787 Å². The Morgan fingerprint density at radius 1 is 0.477 bits per heavy atom. The number of carbonyl (C=O) groups is 8. The molecule has 9 N–H and O–H groups in total. The lowest BCUT2D eigenvalue weighted by Gasteiger charge is -2.21. The molecule has 7 aromatic rings. The summed E-state index contributed by atoms with van der Waals surface area (Å²) in [5, 5.41) is 23.4. The normalized spacial score (nSPS) is 12.5. The molecule has 24 heteroatoms. The SMILES string of the molecule is CC(C)(C)C#CCNC(=O)CC1CCOCC1.CC(C)(C)C#CCNC(=O)CCc1ccc(F)cc1.CC(C)(C)C#CCNC(=O)Cc1ccccn1.CC(C)(C)C#CCNC(=O)[C@H]1CSC(=O)N1.CC(C)(C)C#CCNC(=O)c1c(Cl)cccc1Cl.CC(C)(C)C#CCNC(=O)c1ccc(OCc2ccccc2)cc1.CC(C)(C)C#CCNC(=O)c1ccc2[nH]ccc2c1. The van der Waals surface area contributed by atoms with Crippen LogP contribution in [0.15, 0.2) is 152 Å². The fraction of sp³-hybridized carbons (Fsp3) is 0.443. The molecule has 694 valence electrons. The van der Waals surface area contributed by atoms with E-state index < -0.39 is 6.04 Å². The number of nitrogens with zero attached hydrogens (tertiary/aromatic N) is 1. The van der Waals surface area contributed by atoms with Crippen molar-refractivity contribution >= 4 is 92.5 Å². The maximum atomic E-state index is 12.7. The van der Waals surface area contributed by atoms with Gasteiger partial charge in [0, 0.05) is 110 Å². The standard InChI is InChI=1S/C21H23NO2.C16H20FNO.C16H18N2O.C14H15Cl2NO.C14H18N2O.C14H23NO2.C11H16N2O2S/c1-21(2,3)14-7-15-22-20(23)18-10-12-19(13-11-18)24-16-17-8-5-4-6-9-17;1-16(2,3)11-4-12-18-15(19)10-7-13-5-8-14(17)9-6-13;1-16(2,3)8-4-9-18-15(19)13-5-6-14-12(11-13)7-10-17-14;1-14(2,3)8-5-9-17-13(18)12-10(15)6-4-7-11(12)16;1-14(2,3)8-6-10-16-13(17)11-12-7-4-5-9-15-12;1-14(2,3)7-4-8-15-13(16)11-12-5-9-17-10-6-12;1-11(2,3)5-4-6-12-9(14)8-7-16-10(15)13-8/h4-6,8-13H,15-16H2,1-3H3,(H,22,23);5-6,8-9H,7,10,12H2,1-3H3,(H,18,19);5-7,10-11,17H,9H2,1-3H3,(H,18,19);4,6-7H,9H2,1-3H3,(H,17,18);4-5,7,9H,10-11H2,1-3H3,(H,16,17);12H,5-6,8-11H2,1-3H3,(H,15,16);8H,6-7H2,1-3H3,(H,12,14)(H,13,15)/t;;;;;;8-/m......1/s1. The van der Waals surface area contributed by atoms with Crippen molar-refractivity contribution in [2.75, 3.05) is 64.8 Å². The maximum absolute atomic E-state index is 12.7. The molecular formula is C106H133Cl2FN10O10S. The van der Waals surface area contributed by atoms with Crippen molar-refractivity contribution in [3.05, 3.63) is 201 Å². The molecule has 8 amide bonds. The van der Waals surface area contributed by atoms with Crippen LogP contribution >= 0.6 is 35.0 Å². The fourth-order valence-electron chi connectivity index (χ4n) is 10.4. The van der Waals surface area contributed by atoms with Gasteiger partial charge in [0.15, 0.2) is 0 Å². The lowest BCUT2D eigenvalue weighted by Crippen LogP contribution is -2.42. The number of hydrogen-bond donors (Lipinski definition) is 9. The van der Waals surface area contributed by atoms with Gasteiger partial charge in [0.1, 0.15) is 24.2 Å². The summed E-state index contributed by atoms with van der Waals surface area (Å²) in [6.07, 6.45) is 7.46. The van der Waals surface area contributed by atoms with Crippen LogP contribution < -0.4 is 47.3 Å². The first kappa shape index (κ1) is 112. The first-order chi connectivity index (χ1) is 60.9. The summed E-state index contributed by atoms with van der Waals surface area (Å²) in [5.41, 5.74) is 5.14. The monoisotopic (exact) mass is 1830 g/mol. The van der Waals surface area contributed by atoms with Crippen LogP contribution in [0.3, 0.4) is 0 Å². The molecule has 0 radical (unpaired) electrons. The predicted octanol–water partition coefficient (Wildman–Crippen LogP) is 18.4. The van der Waals surface area contributed by atoms with Gasteiger partial charge in [-0.05, 0) is 267 Å². The lowest BCUT2D eigenvalue weighted by molar-refractivity contribution is -0.123. The minimum atomic E-state index is -0.408. The van der Waals surface area contributed by atoms with Crippen molar-refractivity contribution in [2.45, 2.75) is 197 Å². The number of rotatable bonds is 21. The molecule has 2 aromatic heterocycles. The largest absolute Gasteiger partial charge is 0.489 e. The number of H-pyrrole nitrogens is 1. The molecule has 9 rings (SSSR count). The maximum Gasteiger partial charge on any atom is 0.279 e. The van der Waals surface area contributed by atoms with Gasteiger partial charge in [-0.15, -0.1) is 0 Å². The zero-order chi connectivity index (χ0) is 97.0. The zero-order valence-electron chi connectivity index (χ0n) is 79.7. The highest BCUT2D eigenvalue weighted by Crippen LogP contribution is 2.25. The van der Waals surface area contributed by atoms with E-state index in [2.05, 4.69) is 156 Å². The van der Waals surface area contributed by atoms with E-state index >= 15 is 0 Å². The molecule has 0 bridgehead atoms. The van der Waals surface area contributed by atoms with Crippen molar-refractivity contribution in [3.8, 4) is 88.6 Å². The van der Waals surface area contributed by atoms with Crippen LogP contribution in [-0.2, 0) is 43.4 Å². The molecule has 0 spiro atoms. The van der Waals surface area contributed by atoms with E-state index in [4.69, 9.17) is 32.7 Å². The number of halogens is 3. The van der Waals surface area contributed by atoms with Crippen LogP contribution in [0, 0.1) is 133 Å². The number of benzene rings is 5. The number of aromatic nitrogens is 2. The van der Waals surface area contributed by atoms with E-state index in [9.17, 15) is 42.7 Å². The van der Waals surface area contributed by atoms with Crippen LogP contribution in [0.1, 0.15) is 219 Å². The molecule has 130 heavy (non-hydrogen) atoms. The Kier molecular flexibility index (Phi) is 50.0. The van der Waals surface area contributed by atoms with Gasteiger partial charge in [0.2, 0.25) is 23.6 Å². The molecule has 0 aliphatic carbocycles. The summed E-state index contributed by atoms with van der Waals surface area (Å²) >= 11 is 13.0. The van der Waals surface area contributed by atoms with Gasteiger partial charge < -0.3 is 57.0 Å². The Hall–Kier alpha value is -11.9. The highest BCUT2D eigenvalue weighted by molar-refractivity contribution is 8.14. The molecule has 5 aromatic carbocycles. The Bertz CT molecular complexity index is 5230. The molecule has 1 atom stereocenters. The third-order valence-corrected chi connectivity index (χ3v) is 18.0. The van der Waals surface area contributed by atoms with Gasteiger partial charge >= 0.3 is 0 Å². The first-order valence-corrected chi connectivity index (χ1v) is 45.0. The summed E-state index contributed by atoms with van der Waals surface area (Å²) in [4.78, 5) is 100. The van der Waals surface area contributed by atoms with Crippen molar-refractivity contribution in [1.29, 1.82) is 0 Å². The summed E-state index contributed by atoms with van der Waals surface area (Å²) in [6.45, 7) is 47.3. The quantitative estimate of drug-likeness (QED) is 0.0304. The molecule has 2 saturated heterocycles. The van der Waals surface area contributed by atoms with E-state index in [1.54, 1.807) is 60.8 Å². The molecule has 20 nitrogen and oxygen atoms in total. The van der Waals surface area contributed by atoms with Crippen LogP contribution in [-0.4, -0.2) is 127 Å². The van der Waals surface area contributed by atoms with Gasteiger partial charge in [0.25, 0.3) is 23.0 Å². The molecule has 0 saturated carbocycles. The Morgan fingerprint density at radius 3 is 1.38 bits per heavy atom. The molecule has 2 aliphatic rings. The number of amides is 8. The van der Waals surface area contributed by atoms with Gasteiger partial charge in [-0.3, -0.25) is 43.3 Å². The van der Waals surface area contributed by atoms with Gasteiger partial charge in [-0.1, -0.05) is 172 Å².